The number of nitro benzene ring substituents is 1. The molecule has 0 radical (unpaired) electrons. The van der Waals surface area contributed by atoms with Crippen molar-refractivity contribution >= 4 is 23.0 Å². The summed E-state index contributed by atoms with van der Waals surface area (Å²) in [4.78, 5) is 38.6. The molecule has 0 unspecified atom stereocenters. The maximum absolute atomic E-state index is 13.8. The number of nitrogens with one attached hydrogen (secondary N) is 1. The van der Waals surface area contributed by atoms with Crippen LogP contribution < -0.4 is 10.6 Å². The number of nitro groups is 1. The minimum absolute atomic E-state index is 0.117. The number of carbonyl (C=O) groups excluding carboxylic acids is 1. The Morgan fingerprint density at radius 1 is 0.917 bits per heavy atom. The van der Waals surface area contributed by atoms with Gasteiger partial charge in [-0.15, -0.1) is 0 Å². The predicted molar refractivity (Wildman–Crippen MR) is 137 cm³/mol. The zero-order valence-electron chi connectivity index (χ0n) is 19.7. The van der Waals surface area contributed by atoms with E-state index in [0.717, 1.165) is 0 Å². The van der Waals surface area contributed by atoms with E-state index in [1.54, 1.807) is 50.2 Å². The van der Waals surface area contributed by atoms with E-state index >= 15 is 0 Å². The van der Waals surface area contributed by atoms with Gasteiger partial charge in [0.1, 0.15) is 0 Å². The first-order valence-corrected chi connectivity index (χ1v) is 11.4. The van der Waals surface area contributed by atoms with Crippen molar-refractivity contribution in [1.29, 1.82) is 0 Å². The van der Waals surface area contributed by atoms with E-state index in [1.165, 1.54) is 21.8 Å². The summed E-state index contributed by atoms with van der Waals surface area (Å²) in [5, 5.41) is 20.5. The van der Waals surface area contributed by atoms with Crippen LogP contribution in [0.4, 0.5) is 11.4 Å². The number of aryl methyl sites for hydroxylation is 1. The number of anilines is 1. The maximum Gasteiger partial charge on any atom is 0.275 e. The Morgan fingerprint density at radius 3 is 2.19 bits per heavy atom. The second-order valence-corrected chi connectivity index (χ2v) is 8.66. The molecule has 1 N–H and O–H groups in total. The van der Waals surface area contributed by atoms with Gasteiger partial charge >= 0.3 is 0 Å². The number of hydrogen-bond acceptors (Lipinski definition) is 5. The molecule has 9 nitrogen and oxygen atoms in total. The van der Waals surface area contributed by atoms with Crippen LogP contribution in [0, 0.1) is 23.0 Å². The average molecular weight is 482 g/mol. The highest BCUT2D eigenvalue weighted by molar-refractivity contribution is 6.15. The van der Waals surface area contributed by atoms with Crippen molar-refractivity contribution in [3.05, 3.63) is 122 Å². The molecule has 0 saturated heterocycles. The third-order valence-corrected chi connectivity index (χ3v) is 6.40. The van der Waals surface area contributed by atoms with Gasteiger partial charge in [-0.1, -0.05) is 48.5 Å². The van der Waals surface area contributed by atoms with Gasteiger partial charge in [0, 0.05) is 35.0 Å². The van der Waals surface area contributed by atoms with Crippen LogP contribution in [0.5, 0.6) is 0 Å². The molecular formula is C27H23N5O4. The smallest absolute Gasteiger partial charge is 0.275 e. The summed E-state index contributed by atoms with van der Waals surface area (Å²) >= 11 is 0. The summed E-state index contributed by atoms with van der Waals surface area (Å²) in [6, 6.07) is 24.2. The zero-order chi connectivity index (χ0) is 25.4. The number of carbonyl (C=O) groups is 1. The van der Waals surface area contributed by atoms with Gasteiger partial charge in [-0.05, 0) is 43.7 Å². The molecule has 0 bridgehead atoms. The van der Waals surface area contributed by atoms with Crippen LogP contribution >= 0.6 is 0 Å². The minimum atomic E-state index is -0.821. The topological polar surface area (TPSA) is 114 Å². The molecule has 1 aliphatic heterocycles. The second-order valence-electron chi connectivity index (χ2n) is 8.66. The molecule has 5 rings (SSSR count). The fourth-order valence-electron chi connectivity index (χ4n) is 4.76. The van der Waals surface area contributed by atoms with Crippen LogP contribution in [0.2, 0.25) is 0 Å². The van der Waals surface area contributed by atoms with Gasteiger partial charge in [-0.25, -0.2) is 9.69 Å². The second kappa shape index (κ2) is 9.10. The summed E-state index contributed by atoms with van der Waals surface area (Å²) < 4.78 is 1.43. The number of aromatic amines is 1. The number of hydrogen-bond donors (Lipinski definition) is 1. The average Bonchev–Trinajstić information content (AvgIpc) is 3.36. The number of para-hydroxylation sites is 2. The molecule has 4 aromatic rings. The van der Waals surface area contributed by atoms with E-state index < -0.39 is 16.8 Å². The molecule has 0 fully saturated rings. The number of rotatable bonds is 6. The summed E-state index contributed by atoms with van der Waals surface area (Å²) in [5.74, 6) is -1.91. The Balaban J connectivity index is 1.69. The number of non-ortho nitro benzene ring substituents is 1. The third kappa shape index (κ3) is 3.90. The van der Waals surface area contributed by atoms with Crippen molar-refractivity contribution in [3.63, 3.8) is 0 Å². The fraction of sp³-hybridized carbons (Fsp3) is 0.148. The molecule has 1 aliphatic rings. The van der Waals surface area contributed by atoms with E-state index in [4.69, 9.17) is 0 Å². The van der Waals surface area contributed by atoms with Gasteiger partial charge in [-0.3, -0.25) is 24.8 Å². The molecule has 2 atom stereocenters. The summed E-state index contributed by atoms with van der Waals surface area (Å²) in [5.41, 5.74) is 2.75. The molecule has 9 heteroatoms. The normalized spacial score (nSPS) is 16.2. The predicted octanol–water partition coefficient (Wildman–Crippen LogP) is 4.55. The van der Waals surface area contributed by atoms with Crippen molar-refractivity contribution < 1.29 is 9.72 Å². The van der Waals surface area contributed by atoms with Crippen molar-refractivity contribution in [2.24, 2.45) is 11.0 Å². The van der Waals surface area contributed by atoms with Gasteiger partial charge in [0.25, 0.3) is 17.2 Å². The number of hydrazone groups is 1. The molecular weight excluding hydrogens is 458 g/mol. The van der Waals surface area contributed by atoms with Crippen molar-refractivity contribution in [3.8, 4) is 5.69 Å². The molecule has 0 aliphatic carbocycles. The summed E-state index contributed by atoms with van der Waals surface area (Å²) in [7, 11) is 0. The number of amides is 1. The minimum Gasteiger partial charge on any atom is -0.295 e. The number of H-pyrrole nitrogens is 1. The summed E-state index contributed by atoms with van der Waals surface area (Å²) in [6.45, 7) is 3.51. The van der Waals surface area contributed by atoms with E-state index in [1.807, 2.05) is 36.4 Å². The first-order chi connectivity index (χ1) is 17.4. The highest BCUT2D eigenvalue weighted by atomic mass is 16.6. The Hall–Kier alpha value is -4.79. The van der Waals surface area contributed by atoms with Crippen molar-refractivity contribution in [2.75, 3.05) is 5.01 Å². The van der Waals surface area contributed by atoms with Crippen molar-refractivity contribution in [1.82, 2.24) is 9.78 Å². The lowest BCUT2D eigenvalue weighted by Gasteiger charge is -2.23. The highest BCUT2D eigenvalue weighted by Gasteiger charge is 2.43. The molecule has 0 spiro atoms. The monoisotopic (exact) mass is 481 g/mol. The Bertz CT molecular complexity index is 1540. The van der Waals surface area contributed by atoms with Gasteiger partial charge in [-0.2, -0.15) is 5.10 Å². The Morgan fingerprint density at radius 2 is 1.56 bits per heavy atom. The Kier molecular flexibility index (Phi) is 5.81. The zero-order valence-corrected chi connectivity index (χ0v) is 19.7. The Labute approximate surface area is 206 Å². The number of aromatic nitrogens is 2. The first-order valence-electron chi connectivity index (χ1n) is 11.4. The highest BCUT2D eigenvalue weighted by Crippen LogP contribution is 2.39. The maximum atomic E-state index is 13.8. The van der Waals surface area contributed by atoms with E-state index in [-0.39, 0.29) is 17.2 Å². The van der Waals surface area contributed by atoms with Gasteiger partial charge < -0.3 is 0 Å². The summed E-state index contributed by atoms with van der Waals surface area (Å²) in [6.07, 6.45) is 0. The van der Waals surface area contributed by atoms with E-state index in [9.17, 15) is 19.7 Å². The lowest BCUT2D eigenvalue weighted by Crippen LogP contribution is -2.34. The van der Waals surface area contributed by atoms with Crippen molar-refractivity contribution in [2.45, 2.75) is 19.8 Å². The molecule has 1 aromatic heterocycles. The van der Waals surface area contributed by atoms with Gasteiger partial charge in [0.15, 0.2) is 0 Å². The van der Waals surface area contributed by atoms with Crippen LogP contribution in [0.15, 0.2) is 94.8 Å². The number of benzene rings is 3. The quantitative estimate of drug-likeness (QED) is 0.321. The van der Waals surface area contributed by atoms with Crippen LogP contribution in [0.25, 0.3) is 5.69 Å². The standard InChI is InChI=1S/C27H23N5O4/c1-17-23(26(33)30(28-17)20-11-5-3-6-12-20)25(19-10-9-15-22(16-19)32(35)36)24-18(2)29-31(27(24)34)21-13-7-4-8-14-21/h3-16,23,25,29H,1-2H3/t23-,25-/m1/s1. The molecule has 2 heterocycles. The van der Waals surface area contributed by atoms with Crippen LogP contribution in [0.1, 0.15) is 29.7 Å². The van der Waals surface area contributed by atoms with Crippen LogP contribution in [0.3, 0.4) is 0 Å². The van der Waals surface area contributed by atoms with Crippen LogP contribution in [-0.2, 0) is 4.79 Å². The SMILES string of the molecule is CC1=NN(c2ccccc2)C(=O)[C@H]1[C@@H](c1cccc([N+](=O)[O-])c1)c1c(C)[nH]n(-c2ccccc2)c1=O. The molecule has 3 aromatic carbocycles. The molecule has 180 valence electrons. The largest absolute Gasteiger partial charge is 0.295 e. The lowest BCUT2D eigenvalue weighted by atomic mass is 9.78. The van der Waals surface area contributed by atoms with Gasteiger partial charge in [0.2, 0.25) is 0 Å². The molecule has 1 amide bonds. The first kappa shape index (κ1) is 23.0. The number of nitrogens with zero attached hydrogens (tertiary/aromatic N) is 4. The third-order valence-electron chi connectivity index (χ3n) is 6.40. The fourth-order valence-corrected chi connectivity index (χ4v) is 4.76. The van der Waals surface area contributed by atoms with Gasteiger partial charge in [0.05, 0.1) is 22.2 Å². The molecule has 36 heavy (non-hydrogen) atoms. The van der Waals surface area contributed by atoms with E-state index in [0.29, 0.717) is 33.9 Å². The molecule has 0 saturated carbocycles. The lowest BCUT2D eigenvalue weighted by molar-refractivity contribution is -0.384. The van der Waals surface area contributed by atoms with Crippen LogP contribution in [-0.4, -0.2) is 26.3 Å². The van der Waals surface area contributed by atoms with E-state index in [2.05, 4.69) is 10.2 Å².